The number of nitrogens with one attached hydrogen (secondary N) is 1. The number of benzene rings is 1. The van der Waals surface area contributed by atoms with Crippen molar-refractivity contribution in [3.63, 3.8) is 0 Å². The molecule has 2 unspecified atom stereocenters. The molecule has 1 N–H and O–H groups in total. The van der Waals surface area contributed by atoms with Crippen LogP contribution in [-0.2, 0) is 4.79 Å². The van der Waals surface area contributed by atoms with Crippen LogP contribution in [0.15, 0.2) is 30.3 Å². The zero-order valence-electron chi connectivity index (χ0n) is 13.0. The van der Waals surface area contributed by atoms with Crippen LogP contribution < -0.4 is 5.32 Å². The van der Waals surface area contributed by atoms with E-state index in [2.05, 4.69) is 24.1 Å². The van der Waals surface area contributed by atoms with Crippen LogP contribution in [0.5, 0.6) is 0 Å². The fourth-order valence-electron chi connectivity index (χ4n) is 3.40. The van der Waals surface area contributed by atoms with Gasteiger partial charge in [-0.05, 0) is 38.3 Å². The van der Waals surface area contributed by atoms with Crippen LogP contribution >= 0.6 is 0 Å². The molecule has 1 aromatic carbocycles. The molecule has 2 aliphatic heterocycles. The Morgan fingerprint density at radius 2 is 2.05 bits per heavy atom. The zero-order valence-corrected chi connectivity index (χ0v) is 13.0. The molecule has 0 bridgehead atoms. The molecular weight excluding hydrogens is 262 g/mol. The van der Waals surface area contributed by atoms with Crippen molar-refractivity contribution in [2.45, 2.75) is 32.4 Å². The van der Waals surface area contributed by atoms with E-state index in [0.29, 0.717) is 18.6 Å². The summed E-state index contributed by atoms with van der Waals surface area (Å²) in [5, 5.41) is 3.34. The highest BCUT2D eigenvalue weighted by molar-refractivity contribution is 5.85. The highest BCUT2D eigenvalue weighted by atomic mass is 16.2. The van der Waals surface area contributed by atoms with Crippen molar-refractivity contribution >= 4 is 5.91 Å². The molecule has 4 heteroatoms. The van der Waals surface area contributed by atoms with E-state index in [4.69, 9.17) is 0 Å². The summed E-state index contributed by atoms with van der Waals surface area (Å²) in [5.41, 5.74) is 1.07. The Labute approximate surface area is 127 Å². The van der Waals surface area contributed by atoms with Gasteiger partial charge in [0.25, 0.3) is 0 Å². The van der Waals surface area contributed by atoms with Gasteiger partial charge < -0.3 is 9.80 Å². The third kappa shape index (κ3) is 3.11. The fraction of sp³-hybridized carbons (Fsp3) is 0.588. The standard InChI is InChI=1S/C17H25N3O/c1-13(2)19-9-8-14(10-19)11-20-12-18-16(17(20)21)15-6-4-3-5-7-15/h3-7,13-14,16,18H,8-12H2,1-2H3. The predicted octanol–water partition coefficient (Wildman–Crippen LogP) is 1.85. The van der Waals surface area contributed by atoms with Crippen LogP contribution in [0.25, 0.3) is 0 Å². The van der Waals surface area contributed by atoms with Gasteiger partial charge in [0.1, 0.15) is 6.04 Å². The van der Waals surface area contributed by atoms with E-state index in [0.717, 1.165) is 18.7 Å². The lowest BCUT2D eigenvalue weighted by Gasteiger charge is -2.22. The summed E-state index contributed by atoms with van der Waals surface area (Å²) < 4.78 is 0. The second-order valence-electron chi connectivity index (χ2n) is 6.51. The number of likely N-dealkylation sites (tertiary alicyclic amines) is 1. The summed E-state index contributed by atoms with van der Waals surface area (Å²) >= 11 is 0. The lowest BCUT2D eigenvalue weighted by Crippen LogP contribution is -2.34. The van der Waals surface area contributed by atoms with Gasteiger partial charge in [-0.2, -0.15) is 0 Å². The van der Waals surface area contributed by atoms with Gasteiger partial charge in [-0.25, -0.2) is 0 Å². The number of amides is 1. The Morgan fingerprint density at radius 1 is 1.29 bits per heavy atom. The first-order valence-corrected chi connectivity index (χ1v) is 7.96. The van der Waals surface area contributed by atoms with Crippen molar-refractivity contribution in [3.05, 3.63) is 35.9 Å². The average Bonchev–Trinajstić information content (AvgIpc) is 3.09. The first-order valence-electron chi connectivity index (χ1n) is 7.96. The van der Waals surface area contributed by atoms with Crippen LogP contribution in [0.1, 0.15) is 31.9 Å². The SMILES string of the molecule is CC(C)N1CCC(CN2CNC(c3ccccc3)C2=O)C1. The van der Waals surface area contributed by atoms with Crippen LogP contribution in [-0.4, -0.2) is 48.1 Å². The highest BCUT2D eigenvalue weighted by Crippen LogP contribution is 2.24. The van der Waals surface area contributed by atoms with Crippen LogP contribution in [0.4, 0.5) is 0 Å². The van der Waals surface area contributed by atoms with Crippen LogP contribution in [0, 0.1) is 5.92 Å². The maximum absolute atomic E-state index is 12.6. The van der Waals surface area contributed by atoms with Gasteiger partial charge in [-0.1, -0.05) is 30.3 Å². The summed E-state index contributed by atoms with van der Waals surface area (Å²) in [6.07, 6.45) is 1.21. The van der Waals surface area contributed by atoms with Crippen LogP contribution in [0.2, 0.25) is 0 Å². The van der Waals surface area contributed by atoms with E-state index in [-0.39, 0.29) is 11.9 Å². The second kappa shape index (κ2) is 6.16. The second-order valence-corrected chi connectivity index (χ2v) is 6.51. The summed E-state index contributed by atoms with van der Waals surface area (Å²) in [7, 11) is 0. The number of hydrogen-bond donors (Lipinski definition) is 1. The van der Waals surface area contributed by atoms with Gasteiger partial charge >= 0.3 is 0 Å². The normalized spacial score (nSPS) is 27.0. The van der Waals surface area contributed by atoms with Gasteiger partial charge in [0.05, 0.1) is 6.67 Å². The molecule has 0 saturated carbocycles. The fourth-order valence-corrected chi connectivity index (χ4v) is 3.40. The van der Waals surface area contributed by atoms with Crippen molar-refractivity contribution in [3.8, 4) is 0 Å². The largest absolute Gasteiger partial charge is 0.328 e. The molecule has 0 spiro atoms. The molecule has 0 aromatic heterocycles. The highest BCUT2D eigenvalue weighted by Gasteiger charge is 2.35. The Balaban J connectivity index is 1.58. The molecule has 2 atom stereocenters. The van der Waals surface area contributed by atoms with E-state index in [1.54, 1.807) is 0 Å². The predicted molar refractivity (Wildman–Crippen MR) is 83.7 cm³/mol. The van der Waals surface area contributed by atoms with Crippen LogP contribution in [0.3, 0.4) is 0 Å². The van der Waals surface area contributed by atoms with E-state index >= 15 is 0 Å². The molecule has 114 valence electrons. The molecule has 3 rings (SSSR count). The summed E-state index contributed by atoms with van der Waals surface area (Å²) in [6.45, 7) is 8.35. The number of carbonyl (C=O) groups is 1. The molecule has 21 heavy (non-hydrogen) atoms. The third-order valence-electron chi connectivity index (χ3n) is 4.70. The molecule has 0 aliphatic carbocycles. The summed E-state index contributed by atoms with van der Waals surface area (Å²) in [4.78, 5) is 17.1. The quantitative estimate of drug-likeness (QED) is 0.918. The minimum atomic E-state index is -0.159. The lowest BCUT2D eigenvalue weighted by molar-refractivity contribution is -0.129. The minimum absolute atomic E-state index is 0.159. The lowest BCUT2D eigenvalue weighted by atomic mass is 10.1. The molecule has 4 nitrogen and oxygen atoms in total. The first-order chi connectivity index (χ1) is 10.1. The first kappa shape index (κ1) is 14.5. The Hall–Kier alpha value is -1.39. The van der Waals surface area contributed by atoms with E-state index in [1.807, 2.05) is 35.2 Å². The van der Waals surface area contributed by atoms with Gasteiger partial charge in [0, 0.05) is 19.1 Å². The van der Waals surface area contributed by atoms with Crippen molar-refractivity contribution < 1.29 is 4.79 Å². The number of hydrogen-bond acceptors (Lipinski definition) is 3. The molecular formula is C17H25N3O. The number of rotatable bonds is 4. The Bertz CT molecular complexity index is 488. The maximum Gasteiger partial charge on any atom is 0.245 e. The molecule has 1 amide bonds. The van der Waals surface area contributed by atoms with Crippen molar-refractivity contribution in [2.24, 2.45) is 5.92 Å². The Kier molecular flexibility index (Phi) is 4.27. The number of nitrogens with zero attached hydrogens (tertiary/aromatic N) is 2. The van der Waals surface area contributed by atoms with Crippen molar-refractivity contribution in [1.29, 1.82) is 0 Å². The van der Waals surface area contributed by atoms with Crippen molar-refractivity contribution in [2.75, 3.05) is 26.3 Å². The zero-order chi connectivity index (χ0) is 14.8. The van der Waals surface area contributed by atoms with Gasteiger partial charge in [-0.3, -0.25) is 10.1 Å². The average molecular weight is 287 g/mol. The number of carbonyl (C=O) groups excluding carboxylic acids is 1. The molecule has 0 radical (unpaired) electrons. The molecule has 2 heterocycles. The summed E-state index contributed by atoms with van der Waals surface area (Å²) in [6, 6.07) is 10.5. The molecule has 2 aliphatic rings. The topological polar surface area (TPSA) is 35.6 Å². The molecule has 1 aromatic rings. The van der Waals surface area contributed by atoms with E-state index in [1.165, 1.54) is 13.0 Å². The Morgan fingerprint density at radius 3 is 2.71 bits per heavy atom. The van der Waals surface area contributed by atoms with Crippen molar-refractivity contribution in [1.82, 2.24) is 15.1 Å². The molecule has 2 fully saturated rings. The minimum Gasteiger partial charge on any atom is -0.328 e. The summed E-state index contributed by atoms with van der Waals surface area (Å²) in [5.74, 6) is 0.844. The van der Waals surface area contributed by atoms with Gasteiger partial charge in [0.2, 0.25) is 5.91 Å². The maximum atomic E-state index is 12.6. The smallest absolute Gasteiger partial charge is 0.245 e. The van der Waals surface area contributed by atoms with E-state index in [9.17, 15) is 4.79 Å². The molecule has 2 saturated heterocycles. The van der Waals surface area contributed by atoms with Gasteiger partial charge in [0.15, 0.2) is 0 Å². The van der Waals surface area contributed by atoms with Gasteiger partial charge in [-0.15, -0.1) is 0 Å². The van der Waals surface area contributed by atoms with E-state index < -0.39 is 0 Å². The monoisotopic (exact) mass is 287 g/mol. The third-order valence-corrected chi connectivity index (χ3v) is 4.70.